The van der Waals surface area contributed by atoms with Crippen molar-refractivity contribution < 1.29 is 13.9 Å². The number of hydrogen-bond acceptors (Lipinski definition) is 2. The summed E-state index contributed by atoms with van der Waals surface area (Å²) in [6.07, 6.45) is 0.892. The van der Waals surface area contributed by atoms with Crippen molar-refractivity contribution in [1.29, 1.82) is 0 Å². The van der Waals surface area contributed by atoms with Crippen molar-refractivity contribution in [3.8, 4) is 5.75 Å². The summed E-state index contributed by atoms with van der Waals surface area (Å²) in [7, 11) is 0. The van der Waals surface area contributed by atoms with Crippen molar-refractivity contribution in [3.63, 3.8) is 0 Å². The number of carbonyl (C=O) groups is 1. The number of hydrogen-bond donors (Lipinski definition) is 0. The summed E-state index contributed by atoms with van der Waals surface area (Å²) in [5.74, 6) is 0.219. The Morgan fingerprint density at radius 1 is 1.16 bits per heavy atom. The number of para-hydroxylation sites is 1. The van der Waals surface area contributed by atoms with E-state index in [1.54, 1.807) is 24.3 Å². The van der Waals surface area contributed by atoms with Gasteiger partial charge in [-0.25, -0.2) is 4.39 Å². The first-order valence-corrected chi connectivity index (χ1v) is 6.27. The molecule has 1 aliphatic rings. The van der Waals surface area contributed by atoms with Gasteiger partial charge >= 0.3 is 0 Å². The van der Waals surface area contributed by atoms with Crippen molar-refractivity contribution in [2.75, 3.05) is 6.61 Å². The van der Waals surface area contributed by atoms with Gasteiger partial charge < -0.3 is 4.74 Å². The van der Waals surface area contributed by atoms with Crippen LogP contribution in [-0.2, 0) is 12.8 Å². The average Bonchev–Trinajstić information content (AvgIpc) is 2.89. The molecule has 3 rings (SSSR count). The zero-order valence-corrected chi connectivity index (χ0v) is 10.4. The predicted molar refractivity (Wildman–Crippen MR) is 70.1 cm³/mol. The van der Waals surface area contributed by atoms with Gasteiger partial charge in [-0.05, 0) is 23.3 Å². The van der Waals surface area contributed by atoms with E-state index in [9.17, 15) is 9.18 Å². The Hall–Kier alpha value is -2.16. The van der Waals surface area contributed by atoms with Crippen LogP contribution in [0.4, 0.5) is 4.39 Å². The van der Waals surface area contributed by atoms with Gasteiger partial charge in [-0.3, -0.25) is 4.79 Å². The Morgan fingerprint density at radius 3 is 2.84 bits per heavy atom. The first kappa shape index (κ1) is 11.9. The molecule has 1 aliphatic heterocycles. The first-order chi connectivity index (χ1) is 9.25. The molecule has 19 heavy (non-hydrogen) atoms. The SMILES string of the molecule is O=C(Cc1ccccc1F)c1cccc2c1OCC2. The van der Waals surface area contributed by atoms with Crippen LogP contribution in [0, 0.1) is 5.82 Å². The fraction of sp³-hybridized carbons (Fsp3) is 0.188. The molecule has 3 heteroatoms. The Bertz CT molecular complexity index is 634. The lowest BCUT2D eigenvalue weighted by Crippen LogP contribution is -2.06. The zero-order chi connectivity index (χ0) is 13.2. The van der Waals surface area contributed by atoms with E-state index in [0.29, 0.717) is 23.5 Å². The lowest BCUT2D eigenvalue weighted by molar-refractivity contribution is 0.0989. The van der Waals surface area contributed by atoms with Gasteiger partial charge in [0.2, 0.25) is 0 Å². The van der Waals surface area contributed by atoms with Crippen LogP contribution in [0.25, 0.3) is 0 Å². The number of rotatable bonds is 3. The second-order valence-corrected chi connectivity index (χ2v) is 4.58. The summed E-state index contributed by atoms with van der Waals surface area (Å²) in [6.45, 7) is 0.610. The van der Waals surface area contributed by atoms with E-state index in [1.807, 2.05) is 12.1 Å². The molecule has 0 fully saturated rings. The average molecular weight is 256 g/mol. The second-order valence-electron chi connectivity index (χ2n) is 4.58. The molecule has 2 aromatic carbocycles. The summed E-state index contributed by atoms with van der Waals surface area (Å²) in [6, 6.07) is 11.9. The van der Waals surface area contributed by atoms with E-state index in [4.69, 9.17) is 4.74 Å². The van der Waals surface area contributed by atoms with Crippen LogP contribution in [0.2, 0.25) is 0 Å². The Balaban J connectivity index is 1.90. The topological polar surface area (TPSA) is 26.3 Å². The Kier molecular flexibility index (Phi) is 3.03. The highest BCUT2D eigenvalue weighted by molar-refractivity contribution is 6.00. The van der Waals surface area contributed by atoms with Gasteiger partial charge in [0, 0.05) is 12.8 Å². The van der Waals surface area contributed by atoms with E-state index >= 15 is 0 Å². The van der Waals surface area contributed by atoms with Crippen molar-refractivity contribution in [3.05, 3.63) is 65.0 Å². The lowest BCUT2D eigenvalue weighted by atomic mass is 9.99. The third kappa shape index (κ3) is 2.24. The van der Waals surface area contributed by atoms with Crippen molar-refractivity contribution in [2.24, 2.45) is 0 Å². The largest absolute Gasteiger partial charge is 0.492 e. The number of carbonyl (C=O) groups excluding carboxylic acids is 1. The molecule has 96 valence electrons. The minimum Gasteiger partial charge on any atom is -0.492 e. The molecular formula is C16H13FO2. The van der Waals surface area contributed by atoms with Gasteiger partial charge in [0.1, 0.15) is 11.6 Å². The summed E-state index contributed by atoms with van der Waals surface area (Å²) >= 11 is 0. The molecule has 0 atom stereocenters. The van der Waals surface area contributed by atoms with Gasteiger partial charge in [0.25, 0.3) is 0 Å². The molecule has 0 N–H and O–H groups in total. The molecule has 0 aliphatic carbocycles. The standard InChI is InChI=1S/C16H13FO2/c17-14-7-2-1-4-12(14)10-15(18)13-6-3-5-11-8-9-19-16(11)13/h1-7H,8-10H2. The predicted octanol–water partition coefficient (Wildman–Crippen LogP) is 3.19. The fourth-order valence-corrected chi connectivity index (χ4v) is 2.34. The van der Waals surface area contributed by atoms with Gasteiger partial charge in [0.05, 0.1) is 12.2 Å². The Morgan fingerprint density at radius 2 is 2.00 bits per heavy atom. The molecule has 1 heterocycles. The maximum Gasteiger partial charge on any atom is 0.171 e. The molecular weight excluding hydrogens is 243 g/mol. The number of benzene rings is 2. The van der Waals surface area contributed by atoms with Crippen LogP contribution < -0.4 is 4.74 Å². The summed E-state index contributed by atoms with van der Waals surface area (Å²) in [5, 5.41) is 0. The second kappa shape index (κ2) is 4.84. The monoisotopic (exact) mass is 256 g/mol. The zero-order valence-electron chi connectivity index (χ0n) is 10.4. The maximum atomic E-state index is 13.6. The fourth-order valence-electron chi connectivity index (χ4n) is 2.34. The normalized spacial score (nSPS) is 12.9. The molecule has 0 saturated carbocycles. The van der Waals surface area contributed by atoms with E-state index in [1.165, 1.54) is 6.07 Å². The molecule has 0 bridgehead atoms. The van der Waals surface area contributed by atoms with E-state index in [2.05, 4.69) is 0 Å². The van der Waals surface area contributed by atoms with Crippen molar-refractivity contribution in [2.45, 2.75) is 12.8 Å². The van der Waals surface area contributed by atoms with Crippen LogP contribution in [0.15, 0.2) is 42.5 Å². The minimum absolute atomic E-state index is 0.0620. The van der Waals surface area contributed by atoms with Crippen LogP contribution in [0.5, 0.6) is 5.75 Å². The molecule has 0 spiro atoms. The number of Topliss-reactive ketones (excluding diaryl/α,β-unsaturated/α-hetero) is 1. The van der Waals surface area contributed by atoms with E-state index in [-0.39, 0.29) is 18.0 Å². The smallest absolute Gasteiger partial charge is 0.171 e. The number of ketones is 1. The molecule has 2 nitrogen and oxygen atoms in total. The van der Waals surface area contributed by atoms with Crippen molar-refractivity contribution in [1.82, 2.24) is 0 Å². The highest BCUT2D eigenvalue weighted by atomic mass is 19.1. The van der Waals surface area contributed by atoms with Crippen LogP contribution in [-0.4, -0.2) is 12.4 Å². The quantitative estimate of drug-likeness (QED) is 0.788. The number of fused-ring (bicyclic) bond motifs is 1. The molecule has 2 aromatic rings. The number of halogens is 1. The van der Waals surface area contributed by atoms with Gasteiger partial charge in [-0.15, -0.1) is 0 Å². The van der Waals surface area contributed by atoms with E-state index in [0.717, 1.165) is 12.0 Å². The highest BCUT2D eigenvalue weighted by Gasteiger charge is 2.20. The van der Waals surface area contributed by atoms with Gasteiger partial charge in [-0.2, -0.15) is 0 Å². The third-order valence-electron chi connectivity index (χ3n) is 3.32. The molecule has 0 radical (unpaired) electrons. The molecule has 0 unspecified atom stereocenters. The van der Waals surface area contributed by atoms with Crippen LogP contribution in [0.3, 0.4) is 0 Å². The van der Waals surface area contributed by atoms with Crippen LogP contribution >= 0.6 is 0 Å². The summed E-state index contributed by atoms with van der Waals surface area (Å²) in [4.78, 5) is 12.3. The lowest BCUT2D eigenvalue weighted by Gasteiger charge is -2.07. The van der Waals surface area contributed by atoms with Crippen LogP contribution in [0.1, 0.15) is 21.5 Å². The molecule has 0 aromatic heterocycles. The highest BCUT2D eigenvalue weighted by Crippen LogP contribution is 2.30. The molecule has 0 saturated heterocycles. The number of ether oxygens (including phenoxy) is 1. The minimum atomic E-state index is -0.343. The molecule has 0 amide bonds. The van der Waals surface area contributed by atoms with Crippen molar-refractivity contribution >= 4 is 5.78 Å². The Labute approximate surface area is 110 Å². The first-order valence-electron chi connectivity index (χ1n) is 6.27. The summed E-state index contributed by atoms with van der Waals surface area (Å²) in [5.41, 5.74) is 2.03. The van der Waals surface area contributed by atoms with E-state index < -0.39 is 0 Å². The summed E-state index contributed by atoms with van der Waals surface area (Å²) < 4.78 is 19.1. The van der Waals surface area contributed by atoms with Gasteiger partial charge in [0.15, 0.2) is 5.78 Å². The van der Waals surface area contributed by atoms with Gasteiger partial charge in [-0.1, -0.05) is 30.3 Å². The maximum absolute atomic E-state index is 13.6. The third-order valence-corrected chi connectivity index (χ3v) is 3.32.